The zero-order chi connectivity index (χ0) is 23.0. The Morgan fingerprint density at radius 2 is 1.71 bits per heavy atom. The van der Waals surface area contributed by atoms with Gasteiger partial charge in [-0.3, -0.25) is 0 Å². The minimum Gasteiger partial charge on any atom is -0.390 e. The summed E-state index contributed by atoms with van der Waals surface area (Å²) < 4.78 is 0. The summed E-state index contributed by atoms with van der Waals surface area (Å²) in [6.07, 6.45) is 15.1. The van der Waals surface area contributed by atoms with Crippen molar-refractivity contribution in [3.63, 3.8) is 0 Å². The third-order valence-corrected chi connectivity index (χ3v) is 8.79. The van der Waals surface area contributed by atoms with Crippen molar-refractivity contribution in [3.05, 3.63) is 47.6 Å². The molecule has 31 heavy (non-hydrogen) atoms. The van der Waals surface area contributed by atoms with E-state index in [1.54, 1.807) is 5.57 Å². The second-order valence-electron chi connectivity index (χ2n) is 11.4. The molecule has 7 atom stereocenters. The Hall–Kier alpha value is -1.16. The van der Waals surface area contributed by atoms with Gasteiger partial charge in [0, 0.05) is 5.92 Å². The molecule has 174 valence electrons. The van der Waals surface area contributed by atoms with Crippen LogP contribution in [0.3, 0.4) is 0 Å². The molecule has 2 unspecified atom stereocenters. The first-order valence-corrected chi connectivity index (χ1v) is 12.3. The quantitative estimate of drug-likeness (QED) is 0.490. The van der Waals surface area contributed by atoms with Crippen LogP contribution in [0.15, 0.2) is 47.6 Å². The predicted octanol–water partition coefficient (Wildman–Crippen LogP) is 5.73. The van der Waals surface area contributed by atoms with Crippen LogP contribution < -0.4 is 0 Å². The summed E-state index contributed by atoms with van der Waals surface area (Å²) in [5.74, 6) is 1.94. The molecule has 0 heterocycles. The molecule has 0 spiro atoms. The Morgan fingerprint density at radius 1 is 1.06 bits per heavy atom. The fraction of sp³-hybridized carbons (Fsp3) is 0.714. The molecule has 3 fully saturated rings. The van der Waals surface area contributed by atoms with Crippen LogP contribution in [0.5, 0.6) is 0 Å². The zero-order valence-corrected chi connectivity index (χ0v) is 20.3. The van der Waals surface area contributed by atoms with Crippen LogP contribution in [0.4, 0.5) is 0 Å². The van der Waals surface area contributed by atoms with E-state index in [1.807, 2.05) is 13.8 Å². The molecule has 3 heteroatoms. The number of aliphatic hydroxyl groups is 3. The maximum Gasteiger partial charge on any atom is 0.0809 e. The fourth-order valence-corrected chi connectivity index (χ4v) is 6.28. The van der Waals surface area contributed by atoms with Crippen molar-refractivity contribution in [1.82, 2.24) is 0 Å². The summed E-state index contributed by atoms with van der Waals surface area (Å²) in [7, 11) is 0. The molecule has 0 aromatic rings. The summed E-state index contributed by atoms with van der Waals surface area (Å²) in [5, 5.41) is 30.5. The maximum atomic E-state index is 10.3. The van der Waals surface area contributed by atoms with Crippen molar-refractivity contribution in [2.45, 2.75) is 97.4 Å². The molecule has 0 bridgehead atoms. The molecule has 0 radical (unpaired) electrons. The smallest absolute Gasteiger partial charge is 0.0809 e. The van der Waals surface area contributed by atoms with Gasteiger partial charge < -0.3 is 15.3 Å². The van der Waals surface area contributed by atoms with E-state index >= 15 is 0 Å². The summed E-state index contributed by atoms with van der Waals surface area (Å²) in [5.41, 5.74) is 2.87. The second kappa shape index (κ2) is 9.37. The summed E-state index contributed by atoms with van der Waals surface area (Å²) in [4.78, 5) is 0. The van der Waals surface area contributed by atoms with E-state index in [-0.39, 0.29) is 5.92 Å². The summed E-state index contributed by atoms with van der Waals surface area (Å²) in [6, 6.07) is 0. The minimum absolute atomic E-state index is 0.144. The Bertz CT molecular complexity index is 737. The van der Waals surface area contributed by atoms with Crippen LogP contribution in [0.1, 0.15) is 79.6 Å². The highest BCUT2D eigenvalue weighted by Gasteiger charge is 2.50. The molecule has 3 saturated carbocycles. The first-order chi connectivity index (χ1) is 14.4. The second-order valence-corrected chi connectivity index (χ2v) is 11.4. The molecular weight excluding hydrogens is 384 g/mol. The third-order valence-electron chi connectivity index (χ3n) is 8.79. The molecule has 0 saturated heterocycles. The van der Waals surface area contributed by atoms with Crippen LogP contribution in [-0.4, -0.2) is 33.1 Å². The first kappa shape index (κ1) is 24.5. The minimum atomic E-state index is -0.681. The average Bonchev–Trinajstić information content (AvgIpc) is 3.05. The van der Waals surface area contributed by atoms with Crippen molar-refractivity contribution in [2.24, 2.45) is 29.1 Å². The normalized spacial score (nSPS) is 37.9. The van der Waals surface area contributed by atoms with Gasteiger partial charge in [-0.1, -0.05) is 62.8 Å². The van der Waals surface area contributed by atoms with E-state index in [2.05, 4.69) is 51.7 Å². The lowest BCUT2D eigenvalue weighted by atomic mass is 9.61. The third kappa shape index (κ3) is 5.26. The molecule has 3 N–H and O–H groups in total. The van der Waals surface area contributed by atoms with E-state index in [0.717, 1.165) is 12.0 Å². The van der Waals surface area contributed by atoms with Gasteiger partial charge in [-0.05, 0) is 87.5 Å². The molecular formula is C28H44O3. The van der Waals surface area contributed by atoms with Crippen LogP contribution >= 0.6 is 0 Å². The Kier molecular flexibility index (Phi) is 7.40. The molecule has 0 aromatic carbocycles. The van der Waals surface area contributed by atoms with Gasteiger partial charge in [-0.25, -0.2) is 0 Å². The summed E-state index contributed by atoms with van der Waals surface area (Å²) >= 11 is 0. The molecule has 0 aliphatic heterocycles. The van der Waals surface area contributed by atoms with Gasteiger partial charge in [-0.15, -0.1) is 0 Å². The van der Waals surface area contributed by atoms with Crippen molar-refractivity contribution in [2.75, 3.05) is 0 Å². The molecule has 0 aromatic heterocycles. The van der Waals surface area contributed by atoms with Gasteiger partial charge in [0.25, 0.3) is 0 Å². The molecule has 3 rings (SSSR count). The average molecular weight is 429 g/mol. The largest absolute Gasteiger partial charge is 0.390 e. The van der Waals surface area contributed by atoms with Gasteiger partial charge in [0.2, 0.25) is 0 Å². The highest BCUT2D eigenvalue weighted by molar-refractivity contribution is 5.29. The van der Waals surface area contributed by atoms with Gasteiger partial charge in [0.05, 0.1) is 17.8 Å². The van der Waals surface area contributed by atoms with Gasteiger partial charge in [0.1, 0.15) is 0 Å². The Balaban J connectivity index is 1.73. The summed E-state index contributed by atoms with van der Waals surface area (Å²) in [6.45, 7) is 14.5. The van der Waals surface area contributed by atoms with Crippen LogP contribution in [-0.2, 0) is 0 Å². The van der Waals surface area contributed by atoms with E-state index < -0.39 is 17.8 Å². The van der Waals surface area contributed by atoms with Crippen molar-refractivity contribution in [1.29, 1.82) is 0 Å². The molecule has 0 amide bonds. The van der Waals surface area contributed by atoms with E-state index in [4.69, 9.17) is 0 Å². The van der Waals surface area contributed by atoms with E-state index in [9.17, 15) is 15.3 Å². The zero-order valence-electron chi connectivity index (χ0n) is 20.3. The van der Waals surface area contributed by atoms with Gasteiger partial charge in [0.15, 0.2) is 0 Å². The standard InChI is InChI=1S/C28H44O3/c1-18(9-10-19(2)27(4,5)31)23-13-14-24-22(8-7-15-28(23,24)6)12-11-21-16-25(29)20(3)26(30)17-21/h9-12,18-19,23-26,29-31H,3,7-8,13-17H2,1-2,4-6H3/b10-9+,22-12+/t18-,19-,23?,24?,25-,26-,28-/m1/s1. The molecule has 3 aliphatic carbocycles. The van der Waals surface area contributed by atoms with E-state index in [0.29, 0.717) is 41.6 Å². The van der Waals surface area contributed by atoms with Crippen molar-refractivity contribution < 1.29 is 15.3 Å². The monoisotopic (exact) mass is 428 g/mol. The lowest BCUT2D eigenvalue weighted by molar-refractivity contribution is 0.0436. The lowest BCUT2D eigenvalue weighted by Crippen LogP contribution is -2.35. The fourth-order valence-electron chi connectivity index (χ4n) is 6.28. The molecule has 3 nitrogen and oxygen atoms in total. The predicted molar refractivity (Wildman–Crippen MR) is 128 cm³/mol. The number of rotatable bonds is 5. The first-order valence-electron chi connectivity index (χ1n) is 12.3. The van der Waals surface area contributed by atoms with Crippen molar-refractivity contribution >= 4 is 0 Å². The van der Waals surface area contributed by atoms with E-state index in [1.165, 1.54) is 25.7 Å². The highest BCUT2D eigenvalue weighted by atomic mass is 16.3. The van der Waals surface area contributed by atoms with Crippen LogP contribution in [0, 0.1) is 29.1 Å². The Labute approximate surface area is 189 Å². The van der Waals surface area contributed by atoms with Gasteiger partial charge in [-0.2, -0.15) is 0 Å². The topological polar surface area (TPSA) is 60.7 Å². The number of aliphatic hydroxyl groups excluding tert-OH is 2. The number of fused-ring (bicyclic) bond motifs is 1. The lowest BCUT2D eigenvalue weighted by Gasteiger charge is -2.44. The van der Waals surface area contributed by atoms with Crippen LogP contribution in [0.25, 0.3) is 0 Å². The Morgan fingerprint density at radius 3 is 2.32 bits per heavy atom. The van der Waals surface area contributed by atoms with Gasteiger partial charge >= 0.3 is 0 Å². The molecule has 3 aliphatic rings. The maximum absolute atomic E-state index is 10.3. The number of allylic oxidation sites excluding steroid dienone is 4. The number of hydrogen-bond acceptors (Lipinski definition) is 3. The van der Waals surface area contributed by atoms with Crippen LogP contribution in [0.2, 0.25) is 0 Å². The van der Waals surface area contributed by atoms with Crippen molar-refractivity contribution in [3.8, 4) is 0 Å². The highest BCUT2D eigenvalue weighted by Crippen LogP contribution is 2.59. The number of hydrogen-bond donors (Lipinski definition) is 3. The SMILES string of the molecule is C=C1[C@H](O)CC(=C/C=C2\CCC[C@@]3(C)C2CCC3[C@H](C)/C=C/[C@@H](C)C(C)(C)O)C[C@H]1O.